The van der Waals surface area contributed by atoms with Crippen LogP contribution in [-0.4, -0.2) is 24.8 Å². The lowest BCUT2D eigenvalue weighted by atomic mass is 9.92. The van der Waals surface area contributed by atoms with Crippen LogP contribution in [0.25, 0.3) is 0 Å². The van der Waals surface area contributed by atoms with Crippen LogP contribution in [0.1, 0.15) is 95.6 Å². The highest BCUT2D eigenvalue weighted by Crippen LogP contribution is 2.30. The third kappa shape index (κ3) is 10.4. The van der Waals surface area contributed by atoms with Gasteiger partial charge < -0.3 is 10.1 Å². The van der Waals surface area contributed by atoms with Gasteiger partial charge in [-0.3, -0.25) is 9.79 Å². The Hall–Kier alpha value is -3.27. The van der Waals surface area contributed by atoms with Gasteiger partial charge in [0.2, 0.25) is 0 Å². The summed E-state index contributed by atoms with van der Waals surface area (Å²) in [5.74, 6) is 1.57. The lowest BCUT2D eigenvalue weighted by molar-refractivity contribution is -0.118. The molecule has 0 bridgehead atoms. The number of methoxy groups -OCH3 is 1. The fraction of sp³-hybridized carbons (Fsp3) is 0.472. The standard InChI is InChI=1S/C36H48N2O2/c1-5-29(15-12-18-33(39)26-32(37)25-31-23-28(3)20-21-36(31)40-4)14-11-13-27(2)24-35-34-19-8-6-7-16-30(34)17-9-10-22-38-35/h8-10,13,19-24,29,37H,5-7,11-12,14-18,25-26H2,1-4H3/b10-9+,27-13?,35-24+,37-32?,38-22-. The van der Waals surface area contributed by atoms with Gasteiger partial charge in [0.25, 0.3) is 0 Å². The predicted molar refractivity (Wildman–Crippen MR) is 170 cm³/mol. The van der Waals surface area contributed by atoms with Crippen LogP contribution in [-0.2, 0) is 11.2 Å². The van der Waals surface area contributed by atoms with Crippen molar-refractivity contribution in [1.82, 2.24) is 0 Å². The summed E-state index contributed by atoms with van der Waals surface area (Å²) in [6.07, 6.45) is 26.3. The van der Waals surface area contributed by atoms with E-state index in [1.54, 1.807) is 7.11 Å². The summed E-state index contributed by atoms with van der Waals surface area (Å²) in [5.41, 5.74) is 7.70. The molecule has 1 aliphatic carbocycles. The molecule has 0 aromatic heterocycles. The third-order valence-corrected chi connectivity index (χ3v) is 7.89. The number of Topliss-reactive ketones (excluding diaryl/α,β-unsaturated/α-hetero) is 1. The molecule has 4 nitrogen and oxygen atoms in total. The Kier molecular flexibility index (Phi) is 13.1. The summed E-state index contributed by atoms with van der Waals surface area (Å²) in [4.78, 5) is 17.4. The molecule has 1 aromatic rings. The number of hydrogen-bond donors (Lipinski definition) is 1. The molecule has 1 unspecified atom stereocenters. The molecule has 3 rings (SSSR count). The second kappa shape index (κ2) is 16.7. The number of benzene rings is 1. The molecule has 1 aromatic carbocycles. The highest BCUT2D eigenvalue weighted by molar-refractivity contribution is 6.01. The molecule has 0 radical (unpaired) electrons. The van der Waals surface area contributed by atoms with E-state index in [0.29, 0.717) is 24.5 Å². The van der Waals surface area contributed by atoms with Crippen molar-refractivity contribution >= 4 is 17.7 Å². The number of carbonyl (C=O) groups is 1. The summed E-state index contributed by atoms with van der Waals surface area (Å²) < 4.78 is 5.43. The zero-order valence-corrected chi connectivity index (χ0v) is 25.1. The first kappa shape index (κ1) is 31.3. The zero-order valence-electron chi connectivity index (χ0n) is 25.1. The van der Waals surface area contributed by atoms with Gasteiger partial charge in [-0.1, -0.05) is 72.9 Å². The van der Waals surface area contributed by atoms with Gasteiger partial charge in [0, 0.05) is 31.2 Å². The van der Waals surface area contributed by atoms with Crippen molar-refractivity contribution in [3.8, 4) is 5.75 Å². The maximum absolute atomic E-state index is 12.6. The number of carbonyl (C=O) groups excluding carboxylic acids is 1. The van der Waals surface area contributed by atoms with Crippen LogP contribution in [0.4, 0.5) is 0 Å². The maximum Gasteiger partial charge on any atom is 0.138 e. The number of aryl methyl sites for hydroxylation is 1. The van der Waals surface area contributed by atoms with E-state index < -0.39 is 0 Å². The first-order valence-corrected chi connectivity index (χ1v) is 15.1. The normalized spacial score (nSPS) is 18.9. The monoisotopic (exact) mass is 540 g/mol. The largest absolute Gasteiger partial charge is 0.496 e. The molecule has 214 valence electrons. The molecule has 0 saturated carbocycles. The summed E-state index contributed by atoms with van der Waals surface area (Å²) in [6.45, 7) is 6.46. The van der Waals surface area contributed by atoms with Crippen molar-refractivity contribution in [2.45, 2.75) is 97.8 Å². The first-order valence-electron chi connectivity index (χ1n) is 15.1. The Morgan fingerprint density at radius 1 is 1.23 bits per heavy atom. The van der Waals surface area contributed by atoms with Gasteiger partial charge in [-0.25, -0.2) is 0 Å². The third-order valence-electron chi connectivity index (χ3n) is 7.89. The summed E-state index contributed by atoms with van der Waals surface area (Å²) in [5, 5.41) is 8.36. The average molecular weight is 541 g/mol. The van der Waals surface area contributed by atoms with E-state index in [0.717, 1.165) is 73.9 Å². The van der Waals surface area contributed by atoms with Crippen LogP contribution in [0.15, 0.2) is 82.1 Å². The van der Waals surface area contributed by atoms with Gasteiger partial charge in [0.15, 0.2) is 0 Å². The average Bonchev–Trinajstić information content (AvgIpc) is 3.15. The molecule has 0 fully saturated rings. The topological polar surface area (TPSA) is 62.5 Å². The number of rotatable bonds is 14. The van der Waals surface area contributed by atoms with E-state index in [1.807, 2.05) is 31.3 Å². The number of ether oxygens (including phenoxy) is 1. The van der Waals surface area contributed by atoms with E-state index in [4.69, 9.17) is 15.1 Å². The Balaban J connectivity index is 1.45. The molecule has 1 N–H and O–H groups in total. The van der Waals surface area contributed by atoms with E-state index in [9.17, 15) is 4.79 Å². The molecule has 4 heteroatoms. The molecule has 0 spiro atoms. The van der Waals surface area contributed by atoms with E-state index >= 15 is 0 Å². The minimum absolute atomic E-state index is 0.171. The second-order valence-electron chi connectivity index (χ2n) is 11.3. The van der Waals surface area contributed by atoms with Gasteiger partial charge >= 0.3 is 0 Å². The van der Waals surface area contributed by atoms with Crippen LogP contribution in [0, 0.1) is 18.3 Å². The highest BCUT2D eigenvalue weighted by atomic mass is 16.5. The highest BCUT2D eigenvalue weighted by Gasteiger charge is 2.14. The van der Waals surface area contributed by atoms with Gasteiger partial charge in [0.1, 0.15) is 11.5 Å². The maximum atomic E-state index is 12.6. The lowest BCUT2D eigenvalue weighted by Crippen LogP contribution is -2.11. The van der Waals surface area contributed by atoms with Gasteiger partial charge in [-0.05, 0) is 94.1 Å². The molecule has 1 heterocycles. The Morgan fingerprint density at radius 2 is 2.08 bits per heavy atom. The summed E-state index contributed by atoms with van der Waals surface area (Å²) in [7, 11) is 1.65. The predicted octanol–water partition coefficient (Wildman–Crippen LogP) is 9.40. The van der Waals surface area contributed by atoms with E-state index in [1.165, 1.54) is 23.1 Å². The van der Waals surface area contributed by atoms with E-state index in [-0.39, 0.29) is 12.2 Å². The van der Waals surface area contributed by atoms with Gasteiger partial charge in [0.05, 0.1) is 12.8 Å². The number of allylic oxidation sites excluding steroid dienone is 8. The minimum atomic E-state index is 0.171. The Morgan fingerprint density at radius 3 is 2.88 bits per heavy atom. The molecule has 2 aliphatic rings. The second-order valence-corrected chi connectivity index (χ2v) is 11.3. The molecular weight excluding hydrogens is 492 g/mol. The van der Waals surface area contributed by atoms with Crippen LogP contribution in [0.2, 0.25) is 0 Å². The number of nitrogens with zero attached hydrogens (tertiary/aromatic N) is 1. The van der Waals surface area contributed by atoms with Crippen LogP contribution in [0.3, 0.4) is 0 Å². The fourth-order valence-electron chi connectivity index (χ4n) is 5.57. The SMILES string of the molecule is CCC(CCC=C(C)/C=C1/N=C\C=C\CC2=C1C=CCCC2)CCCC(=O)CC(=N)Cc1cc(C)ccc1OC. The molecule has 1 aliphatic heterocycles. The molecule has 0 amide bonds. The minimum Gasteiger partial charge on any atom is -0.496 e. The molecule has 40 heavy (non-hydrogen) atoms. The van der Waals surface area contributed by atoms with Gasteiger partial charge in [-0.2, -0.15) is 0 Å². The Bertz CT molecular complexity index is 1210. The Labute approximate surface area is 242 Å². The number of ketones is 1. The number of hydrogen-bond acceptors (Lipinski definition) is 4. The molecule has 1 atom stereocenters. The quantitative estimate of drug-likeness (QED) is 0.239. The zero-order chi connectivity index (χ0) is 28.7. The summed E-state index contributed by atoms with van der Waals surface area (Å²) in [6, 6.07) is 5.98. The fourth-order valence-corrected chi connectivity index (χ4v) is 5.57. The van der Waals surface area contributed by atoms with Crippen molar-refractivity contribution in [2.24, 2.45) is 10.9 Å². The van der Waals surface area contributed by atoms with Gasteiger partial charge in [-0.15, -0.1) is 0 Å². The van der Waals surface area contributed by atoms with Crippen LogP contribution in [0.5, 0.6) is 5.75 Å². The van der Waals surface area contributed by atoms with Crippen molar-refractivity contribution in [2.75, 3.05) is 7.11 Å². The van der Waals surface area contributed by atoms with Crippen molar-refractivity contribution in [1.29, 1.82) is 5.41 Å². The number of nitrogens with one attached hydrogen (secondary N) is 1. The van der Waals surface area contributed by atoms with Crippen molar-refractivity contribution in [3.63, 3.8) is 0 Å². The van der Waals surface area contributed by atoms with Crippen molar-refractivity contribution < 1.29 is 9.53 Å². The van der Waals surface area contributed by atoms with Crippen LogP contribution >= 0.6 is 0 Å². The molecule has 0 saturated heterocycles. The first-order chi connectivity index (χ1) is 19.4. The smallest absolute Gasteiger partial charge is 0.138 e. The summed E-state index contributed by atoms with van der Waals surface area (Å²) >= 11 is 0. The lowest BCUT2D eigenvalue weighted by Gasteiger charge is -2.14. The number of aliphatic imine (C=N–C) groups is 1. The van der Waals surface area contributed by atoms with Crippen LogP contribution < -0.4 is 4.74 Å². The van der Waals surface area contributed by atoms with Crippen molar-refractivity contribution in [3.05, 3.63) is 88.2 Å². The molecular formula is C36H48N2O2. The van der Waals surface area contributed by atoms with E-state index in [2.05, 4.69) is 50.3 Å².